The van der Waals surface area contributed by atoms with Crippen LogP contribution in [0.2, 0.25) is 0 Å². The lowest BCUT2D eigenvalue weighted by molar-refractivity contribution is -0.163. The molecule has 0 aromatic heterocycles. The Morgan fingerprint density at radius 3 is 2.59 bits per heavy atom. The first-order chi connectivity index (χ1) is 13.1. The third kappa shape index (κ3) is 2.78. The van der Waals surface area contributed by atoms with Crippen molar-refractivity contribution in [3.63, 3.8) is 0 Å². The summed E-state index contributed by atoms with van der Waals surface area (Å²) in [6.45, 7) is 3.09. The molecule has 3 nitrogen and oxygen atoms in total. The monoisotopic (exact) mass is 376 g/mol. The van der Waals surface area contributed by atoms with Gasteiger partial charge in [0.05, 0.1) is 12.2 Å². The van der Waals surface area contributed by atoms with Crippen LogP contribution in [0.1, 0.15) is 84.0 Å². The van der Waals surface area contributed by atoms with E-state index in [1.165, 1.54) is 70.6 Å². The predicted octanol–water partition coefficient (Wildman–Crippen LogP) is 5.16. The molecule has 1 N–H and O–H groups in total. The molecule has 9 atom stereocenters. The lowest BCUT2D eigenvalue weighted by Gasteiger charge is -2.62. The van der Waals surface area contributed by atoms with Gasteiger partial charge in [0.1, 0.15) is 6.79 Å². The molecule has 154 valence electrons. The highest BCUT2D eigenvalue weighted by Gasteiger charge is 2.63. The standard InChI is InChI=1S/C24H40O3/c1-23-12-9-17(27-15-26-2)14-16(23)5-6-18-19(23)10-13-24-11-3-4-22(25)21(24)8-7-20(18)24/h16-22,25H,3-15H2,1-2H3/t16-,17-,18-,19+,20+,21-,22?,23+,24+/m1/s1. The second-order valence-electron chi connectivity index (χ2n) is 11.0. The Balaban J connectivity index is 1.35. The van der Waals surface area contributed by atoms with Crippen molar-refractivity contribution in [2.24, 2.45) is 40.4 Å². The zero-order valence-corrected chi connectivity index (χ0v) is 17.5. The van der Waals surface area contributed by atoms with E-state index in [4.69, 9.17) is 9.47 Å². The zero-order valence-electron chi connectivity index (χ0n) is 17.5. The Labute approximate surface area is 165 Å². The van der Waals surface area contributed by atoms with Gasteiger partial charge in [-0.1, -0.05) is 13.3 Å². The van der Waals surface area contributed by atoms with Gasteiger partial charge in [-0.2, -0.15) is 0 Å². The van der Waals surface area contributed by atoms with Crippen LogP contribution < -0.4 is 0 Å². The number of fused-ring (bicyclic) bond motifs is 4. The molecule has 5 saturated carbocycles. The van der Waals surface area contributed by atoms with E-state index in [1.807, 2.05) is 0 Å². The molecule has 0 saturated heterocycles. The van der Waals surface area contributed by atoms with Crippen LogP contribution in [0.25, 0.3) is 0 Å². The molecule has 5 aliphatic carbocycles. The summed E-state index contributed by atoms with van der Waals surface area (Å²) in [6.07, 6.45) is 16.4. The van der Waals surface area contributed by atoms with E-state index >= 15 is 0 Å². The Bertz CT molecular complexity index is 550. The van der Waals surface area contributed by atoms with E-state index < -0.39 is 0 Å². The lowest BCUT2D eigenvalue weighted by atomic mass is 9.43. The number of hydrogen-bond donors (Lipinski definition) is 1. The molecule has 0 amide bonds. The number of ether oxygens (including phenoxy) is 2. The van der Waals surface area contributed by atoms with Crippen LogP contribution in [0.3, 0.4) is 0 Å². The van der Waals surface area contributed by atoms with Crippen LogP contribution in [-0.4, -0.2) is 31.2 Å². The number of aliphatic hydroxyl groups is 1. The van der Waals surface area contributed by atoms with Gasteiger partial charge in [0, 0.05) is 7.11 Å². The van der Waals surface area contributed by atoms with Gasteiger partial charge in [0.2, 0.25) is 0 Å². The summed E-state index contributed by atoms with van der Waals surface area (Å²) in [7, 11) is 1.73. The highest BCUT2D eigenvalue weighted by molar-refractivity contribution is 5.12. The number of rotatable bonds is 3. The van der Waals surface area contributed by atoms with Crippen LogP contribution in [0.5, 0.6) is 0 Å². The van der Waals surface area contributed by atoms with Gasteiger partial charge < -0.3 is 14.6 Å². The minimum absolute atomic E-state index is 0.000554. The van der Waals surface area contributed by atoms with Crippen molar-refractivity contribution in [3.05, 3.63) is 0 Å². The Morgan fingerprint density at radius 1 is 0.889 bits per heavy atom. The van der Waals surface area contributed by atoms with E-state index in [-0.39, 0.29) is 6.10 Å². The normalized spacial score (nSPS) is 54.6. The van der Waals surface area contributed by atoms with Gasteiger partial charge in [-0.15, -0.1) is 0 Å². The van der Waals surface area contributed by atoms with Crippen molar-refractivity contribution in [1.82, 2.24) is 0 Å². The quantitative estimate of drug-likeness (QED) is 0.692. The van der Waals surface area contributed by atoms with Gasteiger partial charge in [0.25, 0.3) is 0 Å². The first kappa shape index (κ1) is 18.9. The minimum Gasteiger partial charge on any atom is -0.393 e. The van der Waals surface area contributed by atoms with Crippen LogP contribution in [0.15, 0.2) is 0 Å². The molecule has 0 radical (unpaired) electrons. The zero-order chi connectivity index (χ0) is 18.6. The Morgan fingerprint density at radius 2 is 1.74 bits per heavy atom. The Kier molecular flexibility index (Phi) is 4.89. The van der Waals surface area contributed by atoms with Crippen LogP contribution >= 0.6 is 0 Å². The predicted molar refractivity (Wildman–Crippen MR) is 106 cm³/mol. The molecule has 0 bridgehead atoms. The maximum absolute atomic E-state index is 10.7. The lowest BCUT2D eigenvalue weighted by Crippen LogP contribution is -2.56. The van der Waals surface area contributed by atoms with Gasteiger partial charge >= 0.3 is 0 Å². The summed E-state index contributed by atoms with van der Waals surface area (Å²) >= 11 is 0. The maximum Gasteiger partial charge on any atom is 0.146 e. The fourth-order valence-electron chi connectivity index (χ4n) is 9.30. The second-order valence-corrected chi connectivity index (χ2v) is 11.0. The number of methoxy groups -OCH3 is 1. The molecule has 3 heteroatoms. The maximum atomic E-state index is 10.7. The average Bonchev–Trinajstić information content (AvgIpc) is 3.07. The largest absolute Gasteiger partial charge is 0.393 e. The summed E-state index contributed by atoms with van der Waals surface area (Å²) < 4.78 is 11.1. The number of hydrogen-bond acceptors (Lipinski definition) is 3. The van der Waals surface area contributed by atoms with Crippen molar-refractivity contribution in [3.8, 4) is 0 Å². The van der Waals surface area contributed by atoms with E-state index in [1.54, 1.807) is 7.11 Å². The molecule has 5 rings (SSSR count). The summed E-state index contributed by atoms with van der Waals surface area (Å²) in [5.41, 5.74) is 1.05. The van der Waals surface area contributed by atoms with E-state index in [9.17, 15) is 5.11 Å². The number of aliphatic hydroxyl groups excluding tert-OH is 1. The van der Waals surface area contributed by atoms with Gasteiger partial charge in [0.15, 0.2) is 0 Å². The van der Waals surface area contributed by atoms with Crippen molar-refractivity contribution in [1.29, 1.82) is 0 Å². The molecule has 0 heterocycles. The third-order valence-electron chi connectivity index (χ3n) is 10.4. The van der Waals surface area contributed by atoms with Crippen molar-refractivity contribution in [2.75, 3.05) is 13.9 Å². The minimum atomic E-state index is 0.000554. The summed E-state index contributed by atoms with van der Waals surface area (Å²) in [4.78, 5) is 0. The smallest absolute Gasteiger partial charge is 0.146 e. The molecule has 1 unspecified atom stereocenters. The summed E-state index contributed by atoms with van der Waals surface area (Å²) in [5, 5.41) is 10.7. The molecule has 5 fully saturated rings. The van der Waals surface area contributed by atoms with Crippen molar-refractivity contribution < 1.29 is 14.6 Å². The van der Waals surface area contributed by atoms with Crippen LogP contribution in [0, 0.1) is 40.4 Å². The topological polar surface area (TPSA) is 38.7 Å². The first-order valence-corrected chi connectivity index (χ1v) is 11.9. The first-order valence-electron chi connectivity index (χ1n) is 11.9. The van der Waals surface area contributed by atoms with E-state index in [2.05, 4.69) is 6.92 Å². The fourth-order valence-corrected chi connectivity index (χ4v) is 9.30. The highest BCUT2D eigenvalue weighted by atomic mass is 16.7. The Hall–Kier alpha value is -0.120. The van der Waals surface area contributed by atoms with Gasteiger partial charge in [-0.3, -0.25) is 0 Å². The average molecular weight is 377 g/mol. The molecule has 0 aromatic carbocycles. The molecule has 5 aliphatic rings. The summed E-state index contributed by atoms with van der Waals surface area (Å²) in [5.74, 6) is 4.25. The van der Waals surface area contributed by atoms with Crippen molar-refractivity contribution in [2.45, 2.75) is 96.2 Å². The molecule has 27 heavy (non-hydrogen) atoms. The van der Waals surface area contributed by atoms with Crippen LogP contribution in [0.4, 0.5) is 0 Å². The molecular weight excluding hydrogens is 336 g/mol. The fraction of sp³-hybridized carbons (Fsp3) is 1.00. The van der Waals surface area contributed by atoms with Crippen molar-refractivity contribution >= 4 is 0 Å². The molecular formula is C24H40O3. The van der Waals surface area contributed by atoms with Crippen LogP contribution in [-0.2, 0) is 9.47 Å². The highest BCUT2D eigenvalue weighted by Crippen LogP contribution is 2.70. The van der Waals surface area contributed by atoms with E-state index in [0.29, 0.717) is 29.6 Å². The third-order valence-corrected chi connectivity index (χ3v) is 10.4. The molecule has 0 aliphatic heterocycles. The molecule has 0 aromatic rings. The second kappa shape index (κ2) is 6.99. The van der Waals surface area contributed by atoms with E-state index in [0.717, 1.165) is 30.1 Å². The SMILES string of the molecule is COCO[C@@H]1CC[C@@]2(C)[C@H](CC[C@@H]3[C@@H]2CC[C@]24CCCC(O)[C@H]2CC[C@@H]34)C1. The van der Waals surface area contributed by atoms with Gasteiger partial charge in [-0.25, -0.2) is 0 Å². The summed E-state index contributed by atoms with van der Waals surface area (Å²) in [6, 6.07) is 0. The van der Waals surface area contributed by atoms with Gasteiger partial charge in [-0.05, 0) is 111 Å². The molecule has 1 spiro atoms.